The van der Waals surface area contributed by atoms with Crippen LogP contribution in [-0.4, -0.2) is 87.2 Å². The fourth-order valence-corrected chi connectivity index (χ4v) is 4.30. The van der Waals surface area contributed by atoms with Gasteiger partial charge in [0.1, 0.15) is 6.04 Å². The third kappa shape index (κ3) is 4.70. The van der Waals surface area contributed by atoms with Crippen LogP contribution in [0, 0.1) is 0 Å². The number of nitrogens with zero attached hydrogens (tertiary/aromatic N) is 3. The molecule has 0 aliphatic carbocycles. The largest absolute Gasteiger partial charge is 0.480 e. The molecule has 2 saturated heterocycles. The van der Waals surface area contributed by atoms with Gasteiger partial charge in [-0.05, 0) is 32.6 Å². The maximum atomic E-state index is 12.9. The van der Waals surface area contributed by atoms with E-state index in [-0.39, 0.29) is 35.5 Å². The number of carbonyl (C=O) groups is 3. The summed E-state index contributed by atoms with van der Waals surface area (Å²) in [7, 11) is 0. The summed E-state index contributed by atoms with van der Waals surface area (Å²) in [5.41, 5.74) is 0.696. The topological polar surface area (TPSA) is 128 Å². The van der Waals surface area contributed by atoms with E-state index in [1.165, 1.54) is 4.90 Å². The maximum Gasteiger partial charge on any atom is 0.326 e. The summed E-state index contributed by atoms with van der Waals surface area (Å²) in [6.45, 7) is 5.29. The van der Waals surface area contributed by atoms with Crippen molar-refractivity contribution in [1.29, 1.82) is 0 Å². The molecule has 3 atom stereocenters. The molecule has 30 heavy (non-hydrogen) atoms. The van der Waals surface area contributed by atoms with Gasteiger partial charge in [0.2, 0.25) is 0 Å². The number of piperidine rings is 1. The van der Waals surface area contributed by atoms with Crippen LogP contribution in [0.25, 0.3) is 0 Å². The van der Waals surface area contributed by atoms with Crippen molar-refractivity contribution in [2.45, 2.75) is 57.7 Å². The number of ether oxygens (including phenoxy) is 1. The summed E-state index contributed by atoms with van der Waals surface area (Å²) in [4.78, 5) is 47.0. The van der Waals surface area contributed by atoms with Crippen molar-refractivity contribution in [3.8, 4) is 0 Å². The third-order valence-electron chi connectivity index (χ3n) is 5.61. The van der Waals surface area contributed by atoms with Crippen molar-refractivity contribution in [2.24, 2.45) is 0 Å². The molecule has 3 amide bonds. The standard InChI is InChI=1S/C19H28ClN5O5/c1-3-11-15(20)23-16(21-11)17(26)22-12-7-9-24(10-14(12)30-4-2)19(29)25-8-5-6-13(25)18(27)28/h12-14H,3-10H2,1-2H3,(H,21,23)(H,22,26)(H,27,28)/t12?,13-,14?/m0/s1. The highest BCUT2D eigenvalue weighted by Gasteiger charge is 2.40. The molecule has 166 valence electrons. The van der Waals surface area contributed by atoms with E-state index in [9.17, 15) is 19.5 Å². The third-order valence-corrected chi connectivity index (χ3v) is 5.92. The molecule has 0 aromatic carbocycles. The number of carboxylic acid groups (broad SMARTS) is 1. The van der Waals surface area contributed by atoms with Crippen molar-refractivity contribution in [2.75, 3.05) is 26.2 Å². The molecule has 1 aromatic heterocycles. The molecule has 1 aromatic rings. The molecule has 3 N–H and O–H groups in total. The molecular formula is C19H28ClN5O5. The lowest BCUT2D eigenvalue weighted by atomic mass is 10.0. The summed E-state index contributed by atoms with van der Waals surface area (Å²) in [6.07, 6.45) is 1.86. The van der Waals surface area contributed by atoms with Crippen LogP contribution in [0.5, 0.6) is 0 Å². The van der Waals surface area contributed by atoms with Crippen molar-refractivity contribution in [3.05, 3.63) is 16.7 Å². The average Bonchev–Trinajstić information content (AvgIpc) is 3.35. The number of aromatic amines is 1. The molecule has 0 radical (unpaired) electrons. The minimum atomic E-state index is -0.979. The fraction of sp³-hybridized carbons (Fsp3) is 0.684. The number of carbonyl (C=O) groups excluding carboxylic acids is 2. The molecule has 0 saturated carbocycles. The SMILES string of the molecule is CCOC1CN(C(=O)N2CCC[C@H]2C(=O)O)CCC1NC(=O)c1nc(Cl)c(CC)[nH]1. The van der Waals surface area contributed by atoms with Gasteiger partial charge >= 0.3 is 12.0 Å². The van der Waals surface area contributed by atoms with Crippen LogP contribution in [0.4, 0.5) is 4.79 Å². The zero-order valence-electron chi connectivity index (χ0n) is 17.2. The van der Waals surface area contributed by atoms with Gasteiger partial charge in [0.25, 0.3) is 5.91 Å². The molecule has 2 fully saturated rings. The Hall–Kier alpha value is -2.33. The number of halogens is 1. The van der Waals surface area contributed by atoms with Crippen molar-refractivity contribution >= 4 is 29.5 Å². The monoisotopic (exact) mass is 441 g/mol. The number of rotatable bonds is 6. The minimum absolute atomic E-state index is 0.145. The Morgan fingerprint density at radius 2 is 2.07 bits per heavy atom. The number of imidazole rings is 1. The Bertz CT molecular complexity index is 800. The zero-order valence-corrected chi connectivity index (χ0v) is 17.9. The average molecular weight is 442 g/mol. The van der Waals surface area contributed by atoms with Crippen LogP contribution >= 0.6 is 11.6 Å². The van der Waals surface area contributed by atoms with E-state index in [1.54, 1.807) is 4.90 Å². The van der Waals surface area contributed by atoms with Gasteiger partial charge in [-0.25, -0.2) is 14.6 Å². The van der Waals surface area contributed by atoms with Gasteiger partial charge in [-0.15, -0.1) is 0 Å². The summed E-state index contributed by atoms with van der Waals surface area (Å²) >= 11 is 6.02. The second-order valence-corrected chi connectivity index (χ2v) is 7.85. The predicted molar refractivity (Wildman–Crippen MR) is 109 cm³/mol. The van der Waals surface area contributed by atoms with E-state index >= 15 is 0 Å². The Kier molecular flexibility index (Phi) is 7.19. The van der Waals surface area contributed by atoms with Gasteiger partial charge in [0.05, 0.1) is 24.4 Å². The first-order valence-electron chi connectivity index (χ1n) is 10.3. The van der Waals surface area contributed by atoms with E-state index in [1.807, 2.05) is 13.8 Å². The summed E-state index contributed by atoms with van der Waals surface area (Å²) in [5.74, 6) is -1.21. The summed E-state index contributed by atoms with van der Waals surface area (Å²) < 4.78 is 5.80. The Balaban J connectivity index is 1.65. The number of urea groups is 1. The van der Waals surface area contributed by atoms with E-state index in [0.717, 1.165) is 0 Å². The molecule has 3 heterocycles. The smallest absolute Gasteiger partial charge is 0.326 e. The molecular weight excluding hydrogens is 414 g/mol. The van der Waals surface area contributed by atoms with Gasteiger partial charge in [-0.2, -0.15) is 0 Å². The lowest BCUT2D eigenvalue weighted by Crippen LogP contribution is -2.59. The highest BCUT2D eigenvalue weighted by atomic mass is 35.5. The number of aromatic nitrogens is 2. The Morgan fingerprint density at radius 3 is 2.70 bits per heavy atom. The van der Waals surface area contributed by atoms with E-state index < -0.39 is 18.1 Å². The van der Waals surface area contributed by atoms with Gasteiger partial charge in [-0.3, -0.25) is 4.79 Å². The predicted octanol–water partition coefficient (Wildman–Crippen LogP) is 1.50. The first-order valence-corrected chi connectivity index (χ1v) is 10.7. The molecule has 2 aliphatic rings. The number of H-pyrrole nitrogens is 1. The molecule has 10 nitrogen and oxygen atoms in total. The number of likely N-dealkylation sites (tertiary alicyclic amines) is 2. The quantitative estimate of drug-likeness (QED) is 0.613. The van der Waals surface area contributed by atoms with E-state index in [2.05, 4.69) is 15.3 Å². The Labute approximate surface area is 179 Å². The van der Waals surface area contributed by atoms with Crippen molar-refractivity contribution in [1.82, 2.24) is 25.1 Å². The zero-order chi connectivity index (χ0) is 21.8. The van der Waals surface area contributed by atoms with Crippen molar-refractivity contribution < 1.29 is 24.2 Å². The summed E-state index contributed by atoms with van der Waals surface area (Å²) in [6, 6.07) is -1.37. The summed E-state index contributed by atoms with van der Waals surface area (Å²) in [5, 5.41) is 12.6. The fourth-order valence-electron chi connectivity index (χ4n) is 4.04. The number of amides is 3. The van der Waals surface area contributed by atoms with Gasteiger partial charge in [0, 0.05) is 19.7 Å². The Morgan fingerprint density at radius 1 is 1.30 bits per heavy atom. The number of nitrogens with one attached hydrogen (secondary N) is 2. The lowest BCUT2D eigenvalue weighted by Gasteiger charge is -2.40. The number of aryl methyl sites for hydroxylation is 1. The number of hydrogen-bond donors (Lipinski definition) is 3. The molecule has 3 rings (SSSR count). The van der Waals surface area contributed by atoms with Crippen LogP contribution in [-0.2, 0) is 16.0 Å². The first-order chi connectivity index (χ1) is 14.3. The molecule has 2 aliphatic heterocycles. The van der Waals surface area contributed by atoms with Gasteiger partial charge in [0.15, 0.2) is 11.0 Å². The van der Waals surface area contributed by atoms with E-state index in [0.29, 0.717) is 51.1 Å². The molecule has 2 unspecified atom stereocenters. The second kappa shape index (κ2) is 9.65. The highest BCUT2D eigenvalue weighted by Crippen LogP contribution is 2.23. The van der Waals surface area contributed by atoms with E-state index in [4.69, 9.17) is 16.3 Å². The van der Waals surface area contributed by atoms with Gasteiger partial charge in [-0.1, -0.05) is 18.5 Å². The van der Waals surface area contributed by atoms with Crippen molar-refractivity contribution in [3.63, 3.8) is 0 Å². The normalized spacial score (nSPS) is 24.2. The van der Waals surface area contributed by atoms with Crippen LogP contribution < -0.4 is 5.32 Å². The van der Waals surface area contributed by atoms with Crippen LogP contribution in [0.2, 0.25) is 5.15 Å². The number of aliphatic carboxylic acids is 1. The number of carboxylic acids is 1. The minimum Gasteiger partial charge on any atom is -0.480 e. The second-order valence-electron chi connectivity index (χ2n) is 7.49. The molecule has 11 heteroatoms. The molecule has 0 spiro atoms. The maximum absolute atomic E-state index is 12.9. The lowest BCUT2D eigenvalue weighted by molar-refractivity contribution is -0.141. The molecule has 0 bridgehead atoms. The first kappa shape index (κ1) is 22.4. The van der Waals surface area contributed by atoms with Crippen LogP contribution in [0.15, 0.2) is 0 Å². The highest BCUT2D eigenvalue weighted by molar-refractivity contribution is 6.30. The van der Waals surface area contributed by atoms with Crippen LogP contribution in [0.3, 0.4) is 0 Å². The van der Waals surface area contributed by atoms with Gasteiger partial charge < -0.3 is 29.9 Å². The number of hydrogen-bond acceptors (Lipinski definition) is 5. The van der Waals surface area contributed by atoms with Crippen LogP contribution in [0.1, 0.15) is 49.4 Å².